The summed E-state index contributed by atoms with van der Waals surface area (Å²) in [6, 6.07) is 9.28. The molecule has 6 heteroatoms. The lowest BCUT2D eigenvalue weighted by Gasteiger charge is -2.38. The molecule has 0 saturated carbocycles. The third-order valence-corrected chi connectivity index (χ3v) is 4.33. The second-order valence-electron chi connectivity index (χ2n) is 6.88. The van der Waals surface area contributed by atoms with E-state index in [1.807, 2.05) is 32.9 Å². The van der Waals surface area contributed by atoms with E-state index in [2.05, 4.69) is 16.7 Å². The van der Waals surface area contributed by atoms with Crippen LogP contribution in [-0.2, 0) is 0 Å². The van der Waals surface area contributed by atoms with Crippen molar-refractivity contribution in [3.05, 3.63) is 59.2 Å². The van der Waals surface area contributed by atoms with Gasteiger partial charge in [0.25, 0.3) is 0 Å². The molecule has 0 aromatic heterocycles. The molecule has 0 fully saturated rings. The Labute approximate surface area is 151 Å². The number of hydrogen-bond acceptors (Lipinski definition) is 2. The summed E-state index contributed by atoms with van der Waals surface area (Å²) in [5.41, 5.74) is 1.92. The monoisotopic (exact) mass is 362 g/mol. The largest absolute Gasteiger partial charge is 0.487 e. The molecule has 1 unspecified atom stereocenters. The average molecular weight is 362 g/mol. The minimum atomic E-state index is -0.687. The number of thiocarbonyl (C=S) groups is 1. The minimum Gasteiger partial charge on any atom is -0.487 e. The summed E-state index contributed by atoms with van der Waals surface area (Å²) in [5.74, 6) is -0.500. The van der Waals surface area contributed by atoms with Crippen LogP contribution < -0.4 is 15.4 Å². The molecule has 0 spiro atoms. The van der Waals surface area contributed by atoms with Gasteiger partial charge in [-0.3, -0.25) is 0 Å². The van der Waals surface area contributed by atoms with Gasteiger partial charge in [0.1, 0.15) is 23.0 Å². The molecular formula is C19H20F2N2OS. The van der Waals surface area contributed by atoms with Crippen LogP contribution in [0.15, 0.2) is 36.4 Å². The molecule has 25 heavy (non-hydrogen) atoms. The fourth-order valence-electron chi connectivity index (χ4n) is 3.01. The first kappa shape index (κ1) is 17.6. The third kappa shape index (κ3) is 4.07. The van der Waals surface area contributed by atoms with E-state index in [9.17, 15) is 8.78 Å². The molecule has 0 amide bonds. The van der Waals surface area contributed by atoms with Gasteiger partial charge in [0.15, 0.2) is 5.11 Å². The Hall–Kier alpha value is -2.21. The molecule has 1 aliphatic heterocycles. The lowest BCUT2D eigenvalue weighted by molar-refractivity contribution is 0.0696. The molecule has 0 saturated heterocycles. The second kappa shape index (κ2) is 6.59. The van der Waals surface area contributed by atoms with Gasteiger partial charge in [-0.25, -0.2) is 8.78 Å². The average Bonchev–Trinajstić information content (AvgIpc) is 2.50. The number of aryl methyl sites for hydroxylation is 1. The standard InChI is InChI=1S/C19H20F2N2OS/c1-11-4-7-17-13(8-11)16(10-19(2,3)24-17)23-18(25)22-15-6-5-12(20)9-14(15)21/h4-9,16H,10H2,1-3H3,(H2,22,23,25). The van der Waals surface area contributed by atoms with E-state index in [0.717, 1.165) is 22.9 Å². The summed E-state index contributed by atoms with van der Waals surface area (Å²) < 4.78 is 32.8. The van der Waals surface area contributed by atoms with Crippen LogP contribution in [0.25, 0.3) is 0 Å². The number of benzene rings is 2. The topological polar surface area (TPSA) is 33.3 Å². The highest BCUT2D eigenvalue weighted by atomic mass is 32.1. The maximum atomic E-state index is 13.8. The van der Waals surface area contributed by atoms with Crippen LogP contribution in [-0.4, -0.2) is 10.7 Å². The van der Waals surface area contributed by atoms with Crippen molar-refractivity contribution in [1.82, 2.24) is 5.32 Å². The zero-order valence-electron chi connectivity index (χ0n) is 14.3. The van der Waals surface area contributed by atoms with Crippen LogP contribution in [0.1, 0.15) is 37.4 Å². The molecule has 2 aromatic carbocycles. The van der Waals surface area contributed by atoms with Gasteiger partial charge in [0.05, 0.1) is 11.7 Å². The smallest absolute Gasteiger partial charge is 0.171 e. The summed E-state index contributed by atoms with van der Waals surface area (Å²) >= 11 is 5.32. The third-order valence-electron chi connectivity index (χ3n) is 4.11. The molecule has 3 rings (SSSR count). The number of ether oxygens (including phenoxy) is 1. The van der Waals surface area contributed by atoms with Crippen molar-refractivity contribution in [2.75, 3.05) is 5.32 Å². The molecule has 1 atom stereocenters. The maximum absolute atomic E-state index is 13.8. The number of halogens is 2. The quantitative estimate of drug-likeness (QED) is 0.748. The molecule has 2 N–H and O–H groups in total. The minimum absolute atomic E-state index is 0.0674. The molecule has 132 valence electrons. The van der Waals surface area contributed by atoms with Crippen molar-refractivity contribution in [3.63, 3.8) is 0 Å². The molecule has 3 nitrogen and oxygen atoms in total. The normalized spacial score (nSPS) is 18.0. The van der Waals surface area contributed by atoms with E-state index < -0.39 is 11.6 Å². The van der Waals surface area contributed by atoms with Crippen LogP contribution in [0.2, 0.25) is 0 Å². The summed E-state index contributed by atoms with van der Waals surface area (Å²) in [6.45, 7) is 6.04. The van der Waals surface area contributed by atoms with Crippen molar-refractivity contribution in [2.24, 2.45) is 0 Å². The summed E-state index contributed by atoms with van der Waals surface area (Å²) in [5, 5.41) is 6.30. The van der Waals surface area contributed by atoms with Crippen molar-refractivity contribution in [2.45, 2.75) is 38.8 Å². The lowest BCUT2D eigenvalue weighted by Crippen LogP contribution is -2.42. The van der Waals surface area contributed by atoms with Crippen molar-refractivity contribution in [1.29, 1.82) is 0 Å². The van der Waals surface area contributed by atoms with E-state index in [0.29, 0.717) is 6.42 Å². The highest BCUT2D eigenvalue weighted by molar-refractivity contribution is 7.80. The van der Waals surface area contributed by atoms with Gasteiger partial charge < -0.3 is 15.4 Å². The number of nitrogens with one attached hydrogen (secondary N) is 2. The van der Waals surface area contributed by atoms with Crippen LogP contribution >= 0.6 is 12.2 Å². The van der Waals surface area contributed by atoms with Gasteiger partial charge in [0, 0.05) is 18.1 Å². The lowest BCUT2D eigenvalue weighted by atomic mass is 9.89. The van der Waals surface area contributed by atoms with Crippen LogP contribution in [0.3, 0.4) is 0 Å². The molecule has 1 aliphatic rings. The summed E-state index contributed by atoms with van der Waals surface area (Å²) in [4.78, 5) is 0. The SMILES string of the molecule is Cc1ccc2c(c1)C(NC(=S)Nc1ccc(F)cc1F)CC(C)(C)O2. The Morgan fingerprint density at radius 3 is 2.68 bits per heavy atom. The second-order valence-corrected chi connectivity index (χ2v) is 7.29. The number of anilines is 1. The van der Waals surface area contributed by atoms with E-state index in [1.165, 1.54) is 12.1 Å². The van der Waals surface area contributed by atoms with Gasteiger partial charge in [-0.15, -0.1) is 0 Å². The predicted molar refractivity (Wildman–Crippen MR) is 99.0 cm³/mol. The van der Waals surface area contributed by atoms with E-state index >= 15 is 0 Å². The zero-order chi connectivity index (χ0) is 18.2. The number of rotatable bonds is 2. The van der Waals surface area contributed by atoms with Crippen LogP contribution in [0.4, 0.5) is 14.5 Å². The van der Waals surface area contributed by atoms with Gasteiger partial charge in [-0.05, 0) is 51.2 Å². The van der Waals surface area contributed by atoms with Crippen molar-refractivity contribution >= 4 is 23.0 Å². The van der Waals surface area contributed by atoms with Crippen LogP contribution in [0, 0.1) is 18.6 Å². The predicted octanol–water partition coefficient (Wildman–Crippen LogP) is 4.86. The summed E-state index contributed by atoms with van der Waals surface area (Å²) in [6.07, 6.45) is 0.706. The van der Waals surface area contributed by atoms with Crippen LogP contribution in [0.5, 0.6) is 5.75 Å². The van der Waals surface area contributed by atoms with Crippen molar-refractivity contribution in [3.8, 4) is 5.75 Å². The van der Waals surface area contributed by atoms with Crippen molar-refractivity contribution < 1.29 is 13.5 Å². The van der Waals surface area contributed by atoms with E-state index in [4.69, 9.17) is 17.0 Å². The fraction of sp³-hybridized carbons (Fsp3) is 0.316. The molecular weight excluding hydrogens is 342 g/mol. The van der Waals surface area contributed by atoms with E-state index in [-0.39, 0.29) is 22.4 Å². The number of fused-ring (bicyclic) bond motifs is 1. The molecule has 2 aromatic rings. The molecule has 1 heterocycles. The van der Waals surface area contributed by atoms with Gasteiger partial charge in [-0.1, -0.05) is 17.7 Å². The highest BCUT2D eigenvalue weighted by Crippen LogP contribution is 2.39. The Bertz CT molecular complexity index is 823. The van der Waals surface area contributed by atoms with Gasteiger partial charge in [0.2, 0.25) is 0 Å². The van der Waals surface area contributed by atoms with E-state index in [1.54, 1.807) is 0 Å². The highest BCUT2D eigenvalue weighted by Gasteiger charge is 2.34. The first-order valence-electron chi connectivity index (χ1n) is 8.06. The number of hydrogen-bond donors (Lipinski definition) is 2. The first-order valence-corrected chi connectivity index (χ1v) is 8.46. The fourth-order valence-corrected chi connectivity index (χ4v) is 3.26. The van der Waals surface area contributed by atoms with Gasteiger partial charge >= 0.3 is 0 Å². The molecule has 0 radical (unpaired) electrons. The Balaban J connectivity index is 1.80. The first-order chi connectivity index (χ1) is 11.7. The molecule has 0 aliphatic carbocycles. The Kier molecular flexibility index (Phi) is 4.64. The summed E-state index contributed by atoms with van der Waals surface area (Å²) in [7, 11) is 0. The Morgan fingerprint density at radius 2 is 1.96 bits per heavy atom. The molecule has 0 bridgehead atoms. The zero-order valence-corrected chi connectivity index (χ0v) is 15.1. The Morgan fingerprint density at radius 1 is 1.20 bits per heavy atom. The maximum Gasteiger partial charge on any atom is 0.171 e. The van der Waals surface area contributed by atoms with Gasteiger partial charge in [-0.2, -0.15) is 0 Å².